The summed E-state index contributed by atoms with van der Waals surface area (Å²) < 4.78 is 28.7. The molecule has 1 aromatic carbocycles. The Morgan fingerprint density at radius 3 is 2.26 bits per heavy atom. The summed E-state index contributed by atoms with van der Waals surface area (Å²) in [5, 5.41) is 0. The Bertz CT molecular complexity index is 534. The Kier molecular flexibility index (Phi) is 4.50. The topological polar surface area (TPSA) is 69.4 Å². The molecular formula is C14H23NO3S. The Balaban J connectivity index is 2.75. The Labute approximate surface area is 115 Å². The zero-order valence-corrected chi connectivity index (χ0v) is 13.1. The molecule has 0 spiro atoms. The van der Waals surface area contributed by atoms with Crippen LogP contribution in [0.15, 0.2) is 12.1 Å². The first-order valence-electron chi connectivity index (χ1n) is 6.26. The molecule has 0 saturated heterocycles. The van der Waals surface area contributed by atoms with Gasteiger partial charge in [0.15, 0.2) is 9.84 Å². The van der Waals surface area contributed by atoms with Gasteiger partial charge in [-0.3, -0.25) is 0 Å². The van der Waals surface area contributed by atoms with Crippen LogP contribution < -0.4 is 10.5 Å². The minimum Gasteiger partial charge on any atom is -0.490 e. The summed E-state index contributed by atoms with van der Waals surface area (Å²) in [6.07, 6.45) is 0. The van der Waals surface area contributed by atoms with E-state index in [2.05, 4.69) is 0 Å². The highest BCUT2D eigenvalue weighted by molar-refractivity contribution is 7.92. The highest BCUT2D eigenvalue weighted by Crippen LogP contribution is 2.27. The lowest BCUT2D eigenvalue weighted by molar-refractivity contribution is 0.339. The molecule has 0 heterocycles. The lowest BCUT2D eigenvalue weighted by atomic mass is 10.1. The third-order valence-corrected chi connectivity index (χ3v) is 5.55. The van der Waals surface area contributed by atoms with Crippen molar-refractivity contribution in [3.63, 3.8) is 0 Å². The first-order valence-corrected chi connectivity index (χ1v) is 7.91. The summed E-state index contributed by atoms with van der Waals surface area (Å²) in [5.41, 5.74) is 8.41. The standard InChI is InChI=1S/C14H23NO3S/c1-10-8-11(2)13(12(15)9-10)18-6-7-19(16,17)14(3,4)5/h8-9H,6-7,15H2,1-5H3. The zero-order chi connectivity index (χ0) is 14.8. The van der Waals surface area contributed by atoms with E-state index in [4.69, 9.17) is 10.5 Å². The van der Waals surface area contributed by atoms with Gasteiger partial charge in [0.2, 0.25) is 0 Å². The van der Waals surface area contributed by atoms with Crippen molar-refractivity contribution in [3.05, 3.63) is 23.3 Å². The molecular weight excluding hydrogens is 262 g/mol. The number of ether oxygens (including phenoxy) is 1. The minimum absolute atomic E-state index is 0.0107. The number of nitrogens with two attached hydrogens (primary N) is 1. The maximum absolute atomic E-state index is 12.0. The highest BCUT2D eigenvalue weighted by Gasteiger charge is 2.28. The van der Waals surface area contributed by atoms with Gasteiger partial charge in [-0.05, 0) is 51.8 Å². The van der Waals surface area contributed by atoms with Gasteiger partial charge >= 0.3 is 0 Å². The van der Waals surface area contributed by atoms with Crippen molar-refractivity contribution < 1.29 is 13.2 Å². The second kappa shape index (κ2) is 5.41. The summed E-state index contributed by atoms with van der Waals surface area (Å²) in [6.45, 7) is 9.04. The molecule has 0 aliphatic carbocycles. The third kappa shape index (κ3) is 3.86. The number of sulfone groups is 1. The molecule has 0 amide bonds. The Hall–Kier alpha value is -1.23. The van der Waals surface area contributed by atoms with Crippen LogP contribution in [0.25, 0.3) is 0 Å². The molecule has 4 nitrogen and oxygen atoms in total. The quantitative estimate of drug-likeness (QED) is 0.863. The number of nitrogen functional groups attached to an aromatic ring is 1. The van der Waals surface area contributed by atoms with Gasteiger partial charge in [-0.1, -0.05) is 6.07 Å². The molecule has 0 unspecified atom stereocenters. The predicted octanol–water partition coefficient (Wildman–Crippen LogP) is 2.48. The maximum Gasteiger partial charge on any atom is 0.158 e. The van der Waals surface area contributed by atoms with Gasteiger partial charge in [0.05, 0.1) is 16.2 Å². The van der Waals surface area contributed by atoms with E-state index in [1.807, 2.05) is 26.0 Å². The van der Waals surface area contributed by atoms with Crippen molar-refractivity contribution in [2.24, 2.45) is 0 Å². The monoisotopic (exact) mass is 285 g/mol. The minimum atomic E-state index is -3.17. The van der Waals surface area contributed by atoms with Crippen molar-refractivity contribution in [2.75, 3.05) is 18.1 Å². The second-order valence-corrected chi connectivity index (χ2v) is 8.64. The van der Waals surface area contributed by atoms with Gasteiger partial charge in [0, 0.05) is 0 Å². The molecule has 2 N–H and O–H groups in total. The van der Waals surface area contributed by atoms with Crippen molar-refractivity contribution in [1.82, 2.24) is 0 Å². The first kappa shape index (κ1) is 15.8. The van der Waals surface area contributed by atoms with Gasteiger partial charge in [-0.15, -0.1) is 0 Å². The molecule has 0 saturated carbocycles. The van der Waals surface area contributed by atoms with Gasteiger partial charge < -0.3 is 10.5 Å². The van der Waals surface area contributed by atoms with E-state index in [1.54, 1.807) is 20.8 Å². The normalized spacial score (nSPS) is 12.5. The Morgan fingerprint density at radius 2 is 1.79 bits per heavy atom. The van der Waals surface area contributed by atoms with Gasteiger partial charge in [-0.2, -0.15) is 0 Å². The summed E-state index contributed by atoms with van der Waals surface area (Å²) in [5.74, 6) is 0.568. The number of aryl methyl sites for hydroxylation is 2. The van der Waals surface area contributed by atoms with E-state index in [1.165, 1.54) is 0 Å². The zero-order valence-electron chi connectivity index (χ0n) is 12.3. The summed E-state index contributed by atoms with van der Waals surface area (Å²) >= 11 is 0. The molecule has 0 radical (unpaired) electrons. The molecule has 0 aliphatic rings. The summed E-state index contributed by atoms with van der Waals surface area (Å²) in [4.78, 5) is 0. The molecule has 0 fully saturated rings. The van der Waals surface area contributed by atoms with Crippen LogP contribution in [0.5, 0.6) is 5.75 Å². The molecule has 19 heavy (non-hydrogen) atoms. The van der Waals surface area contributed by atoms with E-state index < -0.39 is 14.6 Å². The highest BCUT2D eigenvalue weighted by atomic mass is 32.2. The van der Waals surface area contributed by atoms with E-state index in [0.29, 0.717) is 11.4 Å². The lowest BCUT2D eigenvalue weighted by Gasteiger charge is -2.19. The van der Waals surface area contributed by atoms with Crippen molar-refractivity contribution >= 4 is 15.5 Å². The molecule has 0 bridgehead atoms. The average molecular weight is 285 g/mol. The fraction of sp³-hybridized carbons (Fsp3) is 0.571. The van der Waals surface area contributed by atoms with Crippen LogP contribution in [0.1, 0.15) is 31.9 Å². The lowest BCUT2D eigenvalue weighted by Crippen LogP contribution is -2.32. The number of anilines is 1. The van der Waals surface area contributed by atoms with Crippen molar-refractivity contribution in [1.29, 1.82) is 0 Å². The SMILES string of the molecule is Cc1cc(C)c(OCCS(=O)(=O)C(C)(C)C)c(N)c1. The van der Waals surface area contributed by atoms with Crippen LogP contribution >= 0.6 is 0 Å². The first-order chi connectivity index (χ1) is 8.54. The summed E-state index contributed by atoms with van der Waals surface area (Å²) in [6, 6.07) is 3.78. The van der Waals surface area contributed by atoms with E-state index in [9.17, 15) is 8.42 Å². The smallest absolute Gasteiger partial charge is 0.158 e. The van der Waals surface area contributed by atoms with Crippen LogP contribution in [0.4, 0.5) is 5.69 Å². The Morgan fingerprint density at radius 1 is 1.21 bits per heavy atom. The van der Waals surface area contributed by atoms with Crippen LogP contribution in [0.2, 0.25) is 0 Å². The largest absolute Gasteiger partial charge is 0.490 e. The third-order valence-electron chi connectivity index (χ3n) is 2.98. The number of hydrogen-bond donors (Lipinski definition) is 1. The van der Waals surface area contributed by atoms with Crippen LogP contribution in [0.3, 0.4) is 0 Å². The molecule has 0 aliphatic heterocycles. The summed E-state index contributed by atoms with van der Waals surface area (Å²) in [7, 11) is -3.17. The molecule has 108 valence electrons. The molecule has 1 aromatic rings. The molecule has 0 atom stereocenters. The predicted molar refractivity (Wildman–Crippen MR) is 79.4 cm³/mol. The van der Waals surface area contributed by atoms with Crippen LogP contribution in [-0.4, -0.2) is 25.5 Å². The second-order valence-electron chi connectivity index (χ2n) is 5.78. The van der Waals surface area contributed by atoms with Crippen molar-refractivity contribution in [3.8, 4) is 5.75 Å². The van der Waals surface area contributed by atoms with E-state index in [0.717, 1.165) is 11.1 Å². The number of hydrogen-bond acceptors (Lipinski definition) is 4. The van der Waals surface area contributed by atoms with E-state index >= 15 is 0 Å². The van der Waals surface area contributed by atoms with Gasteiger partial charge in [0.1, 0.15) is 12.4 Å². The van der Waals surface area contributed by atoms with Crippen LogP contribution in [0, 0.1) is 13.8 Å². The number of benzene rings is 1. The molecule has 1 rings (SSSR count). The molecule has 5 heteroatoms. The van der Waals surface area contributed by atoms with Gasteiger partial charge in [-0.25, -0.2) is 8.42 Å². The number of rotatable bonds is 4. The fourth-order valence-corrected chi connectivity index (χ4v) is 2.66. The van der Waals surface area contributed by atoms with Crippen molar-refractivity contribution in [2.45, 2.75) is 39.4 Å². The van der Waals surface area contributed by atoms with Gasteiger partial charge in [0.25, 0.3) is 0 Å². The average Bonchev–Trinajstić information content (AvgIpc) is 2.20. The van der Waals surface area contributed by atoms with Crippen LogP contribution in [-0.2, 0) is 9.84 Å². The fourth-order valence-electron chi connectivity index (χ4n) is 1.74. The molecule has 0 aromatic heterocycles. The van der Waals surface area contributed by atoms with E-state index in [-0.39, 0.29) is 12.4 Å². The maximum atomic E-state index is 12.0.